The van der Waals surface area contributed by atoms with Crippen LogP contribution in [0.2, 0.25) is 0 Å². The first-order valence-electron chi connectivity index (χ1n) is 2.68. The molecule has 0 aliphatic carbocycles. The molecular weight excluding hydrogens is 279 g/mol. The zero-order chi connectivity index (χ0) is 10.3. The molecule has 0 spiro atoms. The molecule has 0 unspecified atom stereocenters. The lowest BCUT2D eigenvalue weighted by Gasteiger charge is -1.94. The maximum atomic E-state index is 10.8. The lowest BCUT2D eigenvalue weighted by Crippen LogP contribution is -1.97. The molecule has 0 aliphatic rings. The Morgan fingerprint density at radius 3 is 1.46 bits per heavy atom. The summed E-state index contributed by atoms with van der Waals surface area (Å²) in [6.07, 6.45) is 0. The molecule has 1 rings (SSSR count). The van der Waals surface area contributed by atoms with E-state index in [4.69, 9.17) is 21.4 Å². The molecule has 0 fully saturated rings. The largest absolute Gasteiger partial charge is 0.263 e. The Hall–Kier alpha value is 0.180. The van der Waals surface area contributed by atoms with Crippen molar-refractivity contribution in [2.45, 2.75) is 9.79 Å². The highest BCUT2D eigenvalue weighted by atomic mass is 35.7. The summed E-state index contributed by atoms with van der Waals surface area (Å²) in [7, 11) is 1.83. The van der Waals surface area contributed by atoms with Crippen LogP contribution in [0.1, 0.15) is 0 Å². The average molecular weight is 281 g/mol. The number of halogens is 2. The van der Waals surface area contributed by atoms with Crippen molar-refractivity contribution in [3.63, 3.8) is 0 Å². The van der Waals surface area contributed by atoms with Crippen LogP contribution in [0.15, 0.2) is 20.6 Å². The molecule has 0 amide bonds. The van der Waals surface area contributed by atoms with Crippen LogP contribution in [0.25, 0.3) is 0 Å². The molecule has 0 saturated heterocycles. The van der Waals surface area contributed by atoms with Crippen LogP contribution in [-0.4, -0.2) is 16.8 Å². The third-order valence-electron chi connectivity index (χ3n) is 1.12. The highest BCUT2D eigenvalue weighted by molar-refractivity contribution is 8.16. The predicted molar refractivity (Wildman–Crippen MR) is 50.4 cm³/mol. The number of hydrogen-bond acceptors (Lipinski definition) is 5. The highest BCUT2D eigenvalue weighted by Crippen LogP contribution is 2.29. The van der Waals surface area contributed by atoms with Gasteiger partial charge in [0.25, 0.3) is 18.1 Å². The van der Waals surface area contributed by atoms with Crippen LogP contribution in [0.3, 0.4) is 0 Å². The molecule has 4 nitrogen and oxygen atoms in total. The summed E-state index contributed by atoms with van der Waals surface area (Å²) in [5.41, 5.74) is 0. The van der Waals surface area contributed by atoms with Gasteiger partial charge in [-0.3, -0.25) is 0 Å². The second kappa shape index (κ2) is 3.39. The molecule has 74 valence electrons. The van der Waals surface area contributed by atoms with Crippen molar-refractivity contribution in [2.24, 2.45) is 0 Å². The first-order chi connectivity index (χ1) is 5.73. The van der Waals surface area contributed by atoms with Crippen LogP contribution in [0.5, 0.6) is 0 Å². The van der Waals surface area contributed by atoms with Crippen molar-refractivity contribution in [1.82, 2.24) is 0 Å². The van der Waals surface area contributed by atoms with Gasteiger partial charge in [0.05, 0.1) is 0 Å². The summed E-state index contributed by atoms with van der Waals surface area (Å²) in [6.45, 7) is 0. The van der Waals surface area contributed by atoms with Gasteiger partial charge >= 0.3 is 0 Å². The smallest absolute Gasteiger partial charge is 0.207 e. The third kappa shape index (κ3) is 2.57. The fraction of sp³-hybridized carbons (Fsp3) is 0. The summed E-state index contributed by atoms with van der Waals surface area (Å²) in [5.74, 6) is 0. The summed E-state index contributed by atoms with van der Waals surface area (Å²) >= 11 is 0.893. The normalized spacial score (nSPS) is 13.1. The van der Waals surface area contributed by atoms with E-state index in [0.29, 0.717) is 0 Å². The zero-order valence-corrected chi connectivity index (χ0v) is 9.73. The molecule has 13 heavy (non-hydrogen) atoms. The molecule has 0 bridgehead atoms. The monoisotopic (exact) mass is 280 g/mol. The topological polar surface area (TPSA) is 68.3 Å². The quantitative estimate of drug-likeness (QED) is 0.772. The van der Waals surface area contributed by atoms with Crippen molar-refractivity contribution < 1.29 is 16.8 Å². The van der Waals surface area contributed by atoms with Crippen LogP contribution in [0.4, 0.5) is 0 Å². The van der Waals surface area contributed by atoms with E-state index in [1.807, 2.05) is 0 Å². The molecule has 0 atom stereocenters. The Kier molecular flexibility index (Phi) is 2.94. The van der Waals surface area contributed by atoms with Crippen LogP contribution < -0.4 is 0 Å². The van der Waals surface area contributed by atoms with Gasteiger partial charge in [-0.2, -0.15) is 0 Å². The van der Waals surface area contributed by atoms with E-state index >= 15 is 0 Å². The molecule has 1 aromatic rings. The standard InChI is InChI=1S/C4H2Cl2O4S3/c5-12(7,8)3-1-11-2-4(3)13(6,9)10/h1-2H. The molecule has 1 heterocycles. The van der Waals surface area contributed by atoms with E-state index in [1.54, 1.807) is 0 Å². The van der Waals surface area contributed by atoms with Gasteiger partial charge in [-0.1, -0.05) is 0 Å². The Morgan fingerprint density at radius 2 is 1.23 bits per heavy atom. The van der Waals surface area contributed by atoms with E-state index in [0.717, 1.165) is 22.1 Å². The van der Waals surface area contributed by atoms with Crippen LogP contribution >= 0.6 is 32.7 Å². The van der Waals surface area contributed by atoms with Gasteiger partial charge in [0.1, 0.15) is 9.79 Å². The lowest BCUT2D eigenvalue weighted by atomic mass is 10.7. The predicted octanol–water partition coefficient (Wildman–Crippen LogP) is 1.60. The second-order valence-corrected chi connectivity index (χ2v) is 7.79. The van der Waals surface area contributed by atoms with Crippen LogP contribution in [0, 0.1) is 0 Å². The molecular formula is C4H2Cl2O4S3. The van der Waals surface area contributed by atoms with E-state index in [-0.39, 0.29) is 0 Å². The fourth-order valence-corrected chi connectivity index (χ4v) is 5.28. The van der Waals surface area contributed by atoms with Gasteiger partial charge < -0.3 is 0 Å². The Bertz CT molecular complexity index is 465. The first-order valence-corrected chi connectivity index (χ1v) is 8.24. The minimum atomic E-state index is -4.05. The fourth-order valence-electron chi connectivity index (χ4n) is 0.629. The SMILES string of the molecule is O=S(=O)(Cl)c1cscc1S(=O)(=O)Cl. The summed E-state index contributed by atoms with van der Waals surface area (Å²) in [6, 6.07) is 0. The van der Waals surface area contributed by atoms with Crippen molar-refractivity contribution in [3.8, 4) is 0 Å². The van der Waals surface area contributed by atoms with Gasteiger partial charge in [0, 0.05) is 32.1 Å². The minimum absolute atomic E-state index is 0.478. The van der Waals surface area contributed by atoms with Crippen LogP contribution in [-0.2, 0) is 18.1 Å². The number of rotatable bonds is 2. The van der Waals surface area contributed by atoms with Gasteiger partial charge in [0.15, 0.2) is 0 Å². The van der Waals surface area contributed by atoms with Crippen molar-refractivity contribution >= 4 is 50.8 Å². The van der Waals surface area contributed by atoms with E-state index in [2.05, 4.69) is 0 Å². The summed E-state index contributed by atoms with van der Waals surface area (Å²) in [4.78, 5) is -0.955. The number of thiophene rings is 1. The van der Waals surface area contributed by atoms with Crippen molar-refractivity contribution in [1.29, 1.82) is 0 Å². The second-order valence-electron chi connectivity index (χ2n) is 1.98. The summed E-state index contributed by atoms with van der Waals surface area (Å²) < 4.78 is 43.2. The van der Waals surface area contributed by atoms with Gasteiger partial charge in [-0.05, 0) is 0 Å². The first kappa shape index (κ1) is 11.3. The van der Waals surface area contributed by atoms with E-state index < -0.39 is 27.9 Å². The van der Waals surface area contributed by atoms with Gasteiger partial charge in [-0.25, -0.2) is 16.8 Å². The highest BCUT2D eigenvalue weighted by Gasteiger charge is 2.24. The molecule has 0 aliphatic heterocycles. The molecule has 0 radical (unpaired) electrons. The third-order valence-corrected chi connectivity index (χ3v) is 5.01. The minimum Gasteiger partial charge on any atom is -0.207 e. The molecule has 0 N–H and O–H groups in total. The molecule has 1 aromatic heterocycles. The molecule has 9 heteroatoms. The lowest BCUT2D eigenvalue weighted by molar-refractivity contribution is 0.598. The zero-order valence-electron chi connectivity index (χ0n) is 5.77. The maximum absolute atomic E-state index is 10.8. The van der Waals surface area contributed by atoms with Gasteiger partial charge in [0.2, 0.25) is 0 Å². The maximum Gasteiger partial charge on any atom is 0.263 e. The average Bonchev–Trinajstić information content (AvgIpc) is 2.27. The Labute approximate surface area is 87.9 Å². The van der Waals surface area contributed by atoms with E-state index in [9.17, 15) is 16.8 Å². The molecule has 0 aromatic carbocycles. The molecule has 0 saturated carbocycles. The van der Waals surface area contributed by atoms with Crippen molar-refractivity contribution in [2.75, 3.05) is 0 Å². The number of hydrogen-bond donors (Lipinski definition) is 0. The van der Waals surface area contributed by atoms with E-state index in [1.165, 1.54) is 0 Å². The van der Waals surface area contributed by atoms with Gasteiger partial charge in [-0.15, -0.1) is 11.3 Å². The Balaban J connectivity index is 3.54. The Morgan fingerprint density at radius 1 is 0.923 bits per heavy atom. The summed E-state index contributed by atoms with van der Waals surface area (Å²) in [5, 5.41) is 2.22. The van der Waals surface area contributed by atoms with Crippen molar-refractivity contribution in [3.05, 3.63) is 10.8 Å².